The highest BCUT2D eigenvalue weighted by molar-refractivity contribution is 5.00. The van der Waals surface area contributed by atoms with E-state index in [0.717, 1.165) is 29.6 Å². The predicted octanol–water partition coefficient (Wildman–Crippen LogP) is 8.27. The molecule has 0 amide bonds. The van der Waals surface area contributed by atoms with Crippen molar-refractivity contribution in [1.82, 2.24) is 0 Å². The van der Waals surface area contributed by atoms with Crippen LogP contribution in [0.1, 0.15) is 120 Å². The second kappa shape index (κ2) is 11.7. The summed E-state index contributed by atoms with van der Waals surface area (Å²) in [5, 5.41) is 0. The van der Waals surface area contributed by atoms with E-state index in [0.29, 0.717) is 6.10 Å². The lowest BCUT2D eigenvalue weighted by Crippen LogP contribution is -2.19. The van der Waals surface area contributed by atoms with E-state index in [1.165, 1.54) is 64.2 Å². The molecule has 0 saturated carbocycles. The van der Waals surface area contributed by atoms with Gasteiger partial charge < -0.3 is 4.74 Å². The van der Waals surface area contributed by atoms with Gasteiger partial charge in [-0.15, -0.1) is 0 Å². The lowest BCUT2D eigenvalue weighted by molar-refractivity contribution is 0.235. The zero-order chi connectivity index (χ0) is 19.7. The molecular formula is C25H50O. The Morgan fingerprint density at radius 1 is 0.808 bits per heavy atom. The van der Waals surface area contributed by atoms with Crippen molar-refractivity contribution in [1.29, 1.82) is 0 Å². The van der Waals surface area contributed by atoms with E-state index >= 15 is 0 Å². The first-order valence-corrected chi connectivity index (χ1v) is 11.9. The second-order valence-corrected chi connectivity index (χ2v) is 10.6. The Hall–Kier alpha value is -0.0400. The number of hydrogen-bond acceptors (Lipinski definition) is 1. The molecule has 1 rings (SSSR count). The monoisotopic (exact) mass is 366 g/mol. The quantitative estimate of drug-likeness (QED) is 0.266. The third kappa shape index (κ3) is 9.25. The van der Waals surface area contributed by atoms with Gasteiger partial charge in [0.25, 0.3) is 0 Å². The Morgan fingerprint density at radius 2 is 1.42 bits per heavy atom. The molecule has 26 heavy (non-hydrogen) atoms. The standard InChI is InChI=1S/C25H50O/c1-9-21(6)15-16-23(22(7)14-10-12-19(2)3)18-24-25(8,26-24)17-11-13-20(4)5/h19-24H,9-18H2,1-8H3. The zero-order valence-electron chi connectivity index (χ0n) is 19.4. The Balaban J connectivity index is 2.48. The van der Waals surface area contributed by atoms with E-state index in [1.807, 2.05) is 0 Å². The first-order valence-electron chi connectivity index (χ1n) is 11.9. The summed E-state index contributed by atoms with van der Waals surface area (Å²) in [7, 11) is 0. The van der Waals surface area contributed by atoms with Gasteiger partial charge >= 0.3 is 0 Å². The van der Waals surface area contributed by atoms with E-state index in [2.05, 4.69) is 55.4 Å². The number of epoxide rings is 1. The number of rotatable bonds is 15. The largest absolute Gasteiger partial charge is 0.366 e. The highest BCUT2D eigenvalue weighted by Crippen LogP contribution is 2.46. The molecule has 0 aromatic carbocycles. The molecule has 0 radical (unpaired) electrons. The van der Waals surface area contributed by atoms with Gasteiger partial charge in [0.2, 0.25) is 0 Å². The van der Waals surface area contributed by atoms with Crippen LogP contribution in [0.2, 0.25) is 0 Å². The van der Waals surface area contributed by atoms with Crippen LogP contribution >= 0.6 is 0 Å². The molecule has 0 N–H and O–H groups in total. The fourth-order valence-electron chi connectivity index (χ4n) is 4.37. The van der Waals surface area contributed by atoms with Crippen molar-refractivity contribution in [2.75, 3.05) is 0 Å². The summed E-state index contributed by atoms with van der Waals surface area (Å²) in [6.07, 6.45) is 14.1. The summed E-state index contributed by atoms with van der Waals surface area (Å²) in [6, 6.07) is 0. The first-order chi connectivity index (χ1) is 12.2. The average Bonchev–Trinajstić information content (AvgIpc) is 3.19. The molecule has 5 atom stereocenters. The highest BCUT2D eigenvalue weighted by atomic mass is 16.6. The van der Waals surface area contributed by atoms with Crippen molar-refractivity contribution in [3.63, 3.8) is 0 Å². The minimum absolute atomic E-state index is 0.196. The van der Waals surface area contributed by atoms with Crippen molar-refractivity contribution < 1.29 is 4.74 Å². The van der Waals surface area contributed by atoms with E-state index in [-0.39, 0.29) is 5.60 Å². The normalized spacial score (nSPS) is 26.3. The van der Waals surface area contributed by atoms with E-state index in [4.69, 9.17) is 4.74 Å². The molecule has 1 aliphatic rings. The van der Waals surface area contributed by atoms with Crippen LogP contribution in [-0.2, 0) is 4.74 Å². The number of hydrogen-bond donors (Lipinski definition) is 0. The van der Waals surface area contributed by atoms with Gasteiger partial charge in [0.15, 0.2) is 0 Å². The average molecular weight is 367 g/mol. The third-order valence-corrected chi connectivity index (χ3v) is 6.98. The molecule has 1 saturated heterocycles. The molecule has 0 aromatic heterocycles. The van der Waals surface area contributed by atoms with Crippen LogP contribution < -0.4 is 0 Å². The Labute approximate surface area is 166 Å². The summed E-state index contributed by atoms with van der Waals surface area (Å²) >= 11 is 0. The van der Waals surface area contributed by atoms with Crippen molar-refractivity contribution in [3.05, 3.63) is 0 Å². The fraction of sp³-hybridized carbons (Fsp3) is 1.00. The molecule has 0 aromatic rings. The van der Waals surface area contributed by atoms with Crippen molar-refractivity contribution >= 4 is 0 Å². The van der Waals surface area contributed by atoms with Crippen LogP contribution in [-0.4, -0.2) is 11.7 Å². The van der Waals surface area contributed by atoms with E-state index in [1.54, 1.807) is 0 Å². The Kier molecular flexibility index (Phi) is 10.8. The summed E-state index contributed by atoms with van der Waals surface area (Å²) in [6.45, 7) is 19.0. The van der Waals surface area contributed by atoms with Gasteiger partial charge in [0, 0.05) is 0 Å². The third-order valence-electron chi connectivity index (χ3n) is 6.98. The van der Waals surface area contributed by atoms with Gasteiger partial charge in [0.1, 0.15) is 0 Å². The summed E-state index contributed by atoms with van der Waals surface area (Å²) in [4.78, 5) is 0. The predicted molar refractivity (Wildman–Crippen MR) is 117 cm³/mol. The van der Waals surface area contributed by atoms with Crippen LogP contribution in [0.15, 0.2) is 0 Å². The van der Waals surface area contributed by atoms with Gasteiger partial charge in [-0.2, -0.15) is 0 Å². The molecule has 0 bridgehead atoms. The van der Waals surface area contributed by atoms with Gasteiger partial charge in [-0.1, -0.05) is 93.4 Å². The molecule has 1 heteroatoms. The summed E-state index contributed by atoms with van der Waals surface area (Å²) in [5.74, 6) is 4.24. The van der Waals surface area contributed by atoms with Gasteiger partial charge in [0.05, 0.1) is 11.7 Å². The number of ether oxygens (including phenoxy) is 1. The van der Waals surface area contributed by atoms with Crippen LogP contribution in [0, 0.1) is 29.6 Å². The highest BCUT2D eigenvalue weighted by Gasteiger charge is 2.52. The van der Waals surface area contributed by atoms with Crippen molar-refractivity contribution in [2.24, 2.45) is 29.6 Å². The maximum absolute atomic E-state index is 6.24. The molecule has 5 unspecified atom stereocenters. The summed E-state index contributed by atoms with van der Waals surface area (Å²) < 4.78 is 6.24. The van der Waals surface area contributed by atoms with E-state index in [9.17, 15) is 0 Å². The lowest BCUT2D eigenvalue weighted by Gasteiger charge is -2.25. The molecule has 0 aliphatic carbocycles. The van der Waals surface area contributed by atoms with Crippen LogP contribution in [0.25, 0.3) is 0 Å². The van der Waals surface area contributed by atoms with Crippen LogP contribution in [0.3, 0.4) is 0 Å². The Bertz CT molecular complexity index is 361. The van der Waals surface area contributed by atoms with Gasteiger partial charge in [-0.25, -0.2) is 0 Å². The zero-order valence-corrected chi connectivity index (χ0v) is 19.4. The molecule has 1 aliphatic heterocycles. The fourth-order valence-corrected chi connectivity index (χ4v) is 4.37. The minimum atomic E-state index is 0.196. The molecule has 1 heterocycles. The molecule has 0 spiro atoms. The summed E-state index contributed by atoms with van der Waals surface area (Å²) in [5.41, 5.74) is 0.196. The maximum atomic E-state index is 6.24. The van der Waals surface area contributed by atoms with Crippen molar-refractivity contribution in [3.8, 4) is 0 Å². The van der Waals surface area contributed by atoms with Crippen LogP contribution in [0.5, 0.6) is 0 Å². The molecule has 1 fully saturated rings. The SMILES string of the molecule is CCC(C)CCC(CC1OC1(C)CCCC(C)C)C(C)CCCC(C)C. The Morgan fingerprint density at radius 3 is 2.00 bits per heavy atom. The first kappa shape index (κ1) is 24.0. The van der Waals surface area contributed by atoms with Crippen LogP contribution in [0.4, 0.5) is 0 Å². The smallest absolute Gasteiger partial charge is 0.0920 e. The molecule has 156 valence electrons. The van der Waals surface area contributed by atoms with Gasteiger partial charge in [-0.05, 0) is 55.8 Å². The topological polar surface area (TPSA) is 12.5 Å². The minimum Gasteiger partial charge on any atom is -0.366 e. The van der Waals surface area contributed by atoms with Gasteiger partial charge in [-0.3, -0.25) is 0 Å². The molecular weight excluding hydrogens is 316 g/mol. The van der Waals surface area contributed by atoms with Crippen molar-refractivity contribution in [2.45, 2.75) is 131 Å². The maximum Gasteiger partial charge on any atom is 0.0920 e. The van der Waals surface area contributed by atoms with E-state index < -0.39 is 0 Å². The lowest BCUT2D eigenvalue weighted by atomic mass is 9.79. The molecule has 1 nitrogen and oxygen atoms in total. The second-order valence-electron chi connectivity index (χ2n) is 10.6.